The standard InChI is InChI=1S/C19H23N3O3/c1-14-11-20-17(25-14)12-21-19(24)16-8-5-9-22(13-16)18(23)10-15-6-3-2-4-7-15/h2-4,6-7,11,16H,5,8-10,12-13H2,1H3,(H,21,24)/t16-/m0/s1. The summed E-state index contributed by atoms with van der Waals surface area (Å²) in [4.78, 5) is 30.8. The number of nitrogens with zero attached hydrogens (tertiary/aromatic N) is 2. The Kier molecular flexibility index (Phi) is 5.48. The largest absolute Gasteiger partial charge is 0.444 e. The number of amides is 2. The number of oxazole rings is 1. The molecule has 1 saturated heterocycles. The van der Waals surface area contributed by atoms with Gasteiger partial charge in [-0.3, -0.25) is 9.59 Å². The van der Waals surface area contributed by atoms with Crippen LogP contribution in [0.15, 0.2) is 40.9 Å². The summed E-state index contributed by atoms with van der Waals surface area (Å²) in [5.41, 5.74) is 0.998. The summed E-state index contributed by atoms with van der Waals surface area (Å²) in [5.74, 6) is 1.07. The predicted molar refractivity (Wildman–Crippen MR) is 92.5 cm³/mol. The van der Waals surface area contributed by atoms with Crippen LogP contribution in [0.3, 0.4) is 0 Å². The molecule has 2 amide bonds. The van der Waals surface area contributed by atoms with Gasteiger partial charge < -0.3 is 14.6 Å². The van der Waals surface area contributed by atoms with Crippen LogP contribution in [0, 0.1) is 12.8 Å². The molecule has 0 spiro atoms. The number of nitrogens with one attached hydrogen (secondary N) is 1. The highest BCUT2D eigenvalue weighted by atomic mass is 16.4. The van der Waals surface area contributed by atoms with E-state index in [2.05, 4.69) is 10.3 Å². The van der Waals surface area contributed by atoms with Crippen molar-refractivity contribution in [2.24, 2.45) is 5.92 Å². The van der Waals surface area contributed by atoms with Crippen molar-refractivity contribution in [2.45, 2.75) is 32.7 Å². The van der Waals surface area contributed by atoms with E-state index in [9.17, 15) is 9.59 Å². The lowest BCUT2D eigenvalue weighted by atomic mass is 9.96. The second kappa shape index (κ2) is 7.96. The number of rotatable bonds is 5. The molecule has 0 unspecified atom stereocenters. The predicted octanol–water partition coefficient (Wildman–Crippen LogP) is 2.08. The molecule has 3 rings (SSSR count). The Morgan fingerprint density at radius 3 is 2.84 bits per heavy atom. The second-order valence-corrected chi connectivity index (χ2v) is 6.42. The maximum Gasteiger partial charge on any atom is 0.227 e. The summed E-state index contributed by atoms with van der Waals surface area (Å²) in [5, 5.41) is 2.86. The average Bonchev–Trinajstić information content (AvgIpc) is 3.06. The number of carbonyl (C=O) groups excluding carboxylic acids is 2. The molecule has 0 radical (unpaired) electrons. The third-order valence-corrected chi connectivity index (χ3v) is 4.43. The van der Waals surface area contributed by atoms with Crippen molar-refractivity contribution in [3.05, 3.63) is 53.7 Å². The summed E-state index contributed by atoms with van der Waals surface area (Å²) in [7, 11) is 0. The first-order chi connectivity index (χ1) is 12.1. The van der Waals surface area contributed by atoms with Gasteiger partial charge in [-0.2, -0.15) is 0 Å². The van der Waals surface area contributed by atoms with E-state index in [1.54, 1.807) is 11.1 Å². The Morgan fingerprint density at radius 1 is 1.32 bits per heavy atom. The van der Waals surface area contributed by atoms with Gasteiger partial charge in [0.25, 0.3) is 0 Å². The van der Waals surface area contributed by atoms with E-state index >= 15 is 0 Å². The average molecular weight is 341 g/mol. The van der Waals surface area contributed by atoms with Crippen molar-refractivity contribution in [2.75, 3.05) is 13.1 Å². The molecule has 1 aliphatic rings. The zero-order chi connectivity index (χ0) is 17.6. The minimum Gasteiger partial charge on any atom is -0.444 e. The monoisotopic (exact) mass is 341 g/mol. The van der Waals surface area contributed by atoms with E-state index in [1.165, 1.54) is 0 Å². The van der Waals surface area contributed by atoms with E-state index in [-0.39, 0.29) is 24.3 Å². The molecule has 0 aliphatic carbocycles. The lowest BCUT2D eigenvalue weighted by molar-refractivity contribution is -0.135. The molecule has 132 valence electrons. The van der Waals surface area contributed by atoms with Gasteiger partial charge >= 0.3 is 0 Å². The van der Waals surface area contributed by atoms with Crippen LogP contribution in [0.1, 0.15) is 30.1 Å². The van der Waals surface area contributed by atoms with Crippen LogP contribution in [-0.4, -0.2) is 34.8 Å². The summed E-state index contributed by atoms with van der Waals surface area (Å²) in [6, 6.07) is 9.69. The van der Waals surface area contributed by atoms with Crippen LogP contribution in [-0.2, 0) is 22.6 Å². The molecular weight excluding hydrogens is 318 g/mol. The maximum atomic E-state index is 12.5. The number of aryl methyl sites for hydroxylation is 1. The number of likely N-dealkylation sites (tertiary alicyclic amines) is 1. The fourth-order valence-electron chi connectivity index (χ4n) is 3.09. The molecule has 0 saturated carbocycles. The minimum atomic E-state index is -0.176. The highest BCUT2D eigenvalue weighted by Gasteiger charge is 2.28. The summed E-state index contributed by atoms with van der Waals surface area (Å²) < 4.78 is 5.36. The molecule has 2 heterocycles. The van der Waals surface area contributed by atoms with Crippen molar-refractivity contribution in [1.82, 2.24) is 15.2 Å². The van der Waals surface area contributed by atoms with Gasteiger partial charge in [-0.05, 0) is 25.3 Å². The maximum absolute atomic E-state index is 12.5. The first-order valence-electron chi connectivity index (χ1n) is 8.62. The van der Waals surface area contributed by atoms with Gasteiger partial charge in [0.05, 0.1) is 25.1 Å². The van der Waals surface area contributed by atoms with E-state index < -0.39 is 0 Å². The van der Waals surface area contributed by atoms with Crippen LogP contribution in [0.25, 0.3) is 0 Å². The van der Waals surface area contributed by atoms with Gasteiger partial charge in [0.1, 0.15) is 5.76 Å². The van der Waals surface area contributed by atoms with E-state index in [4.69, 9.17) is 4.42 Å². The highest BCUT2D eigenvalue weighted by Crippen LogP contribution is 2.18. The molecule has 6 heteroatoms. The molecule has 1 atom stereocenters. The molecule has 1 aromatic heterocycles. The molecule has 1 aromatic carbocycles. The Bertz CT molecular complexity index is 727. The molecule has 25 heavy (non-hydrogen) atoms. The van der Waals surface area contributed by atoms with Crippen molar-refractivity contribution >= 4 is 11.8 Å². The number of hydrogen-bond donors (Lipinski definition) is 1. The normalized spacial score (nSPS) is 17.3. The number of carbonyl (C=O) groups is 2. The van der Waals surface area contributed by atoms with E-state index in [0.717, 1.165) is 24.2 Å². The molecular formula is C19H23N3O3. The Balaban J connectivity index is 1.51. The van der Waals surface area contributed by atoms with Gasteiger partial charge in [0.2, 0.25) is 17.7 Å². The second-order valence-electron chi connectivity index (χ2n) is 6.42. The molecule has 1 N–H and O–H groups in total. The van der Waals surface area contributed by atoms with Crippen LogP contribution in [0.5, 0.6) is 0 Å². The van der Waals surface area contributed by atoms with Crippen LogP contribution in [0.4, 0.5) is 0 Å². The molecule has 6 nitrogen and oxygen atoms in total. The minimum absolute atomic E-state index is 0.0481. The molecule has 1 aliphatic heterocycles. The number of benzene rings is 1. The number of hydrogen-bond acceptors (Lipinski definition) is 4. The first-order valence-corrected chi connectivity index (χ1v) is 8.62. The fraction of sp³-hybridized carbons (Fsp3) is 0.421. The Hall–Kier alpha value is -2.63. The van der Waals surface area contributed by atoms with Gasteiger partial charge in [-0.25, -0.2) is 4.98 Å². The Labute approximate surface area is 147 Å². The molecule has 2 aromatic rings. The lowest BCUT2D eigenvalue weighted by Gasteiger charge is -2.32. The zero-order valence-electron chi connectivity index (χ0n) is 14.4. The van der Waals surface area contributed by atoms with Crippen molar-refractivity contribution in [3.8, 4) is 0 Å². The Morgan fingerprint density at radius 2 is 2.12 bits per heavy atom. The van der Waals surface area contributed by atoms with Crippen LogP contribution in [0.2, 0.25) is 0 Å². The SMILES string of the molecule is Cc1cnc(CNC(=O)[C@H]2CCCN(C(=O)Cc3ccccc3)C2)o1. The quantitative estimate of drug-likeness (QED) is 0.903. The highest BCUT2D eigenvalue weighted by molar-refractivity contribution is 5.82. The molecule has 0 bridgehead atoms. The van der Waals surface area contributed by atoms with Crippen molar-refractivity contribution in [1.29, 1.82) is 0 Å². The summed E-state index contributed by atoms with van der Waals surface area (Å²) in [6.45, 7) is 3.29. The summed E-state index contributed by atoms with van der Waals surface area (Å²) in [6.07, 6.45) is 3.65. The topological polar surface area (TPSA) is 75.4 Å². The van der Waals surface area contributed by atoms with Gasteiger partial charge in [0.15, 0.2) is 0 Å². The van der Waals surface area contributed by atoms with Gasteiger partial charge in [-0.1, -0.05) is 30.3 Å². The number of aromatic nitrogens is 1. The fourth-order valence-corrected chi connectivity index (χ4v) is 3.09. The third kappa shape index (κ3) is 4.68. The zero-order valence-corrected chi connectivity index (χ0v) is 14.4. The first kappa shape index (κ1) is 17.2. The van der Waals surface area contributed by atoms with E-state index in [1.807, 2.05) is 37.3 Å². The van der Waals surface area contributed by atoms with Crippen molar-refractivity contribution < 1.29 is 14.0 Å². The van der Waals surface area contributed by atoms with Crippen LogP contribution < -0.4 is 5.32 Å². The third-order valence-electron chi connectivity index (χ3n) is 4.43. The van der Waals surface area contributed by atoms with Crippen LogP contribution >= 0.6 is 0 Å². The smallest absolute Gasteiger partial charge is 0.227 e. The molecule has 1 fully saturated rings. The number of piperidine rings is 1. The van der Waals surface area contributed by atoms with E-state index in [0.29, 0.717) is 25.4 Å². The summed E-state index contributed by atoms with van der Waals surface area (Å²) >= 11 is 0. The van der Waals surface area contributed by atoms with Crippen molar-refractivity contribution in [3.63, 3.8) is 0 Å². The van der Waals surface area contributed by atoms with Gasteiger partial charge in [0, 0.05) is 13.1 Å². The lowest BCUT2D eigenvalue weighted by Crippen LogP contribution is -2.45. The van der Waals surface area contributed by atoms with Gasteiger partial charge in [-0.15, -0.1) is 0 Å².